The molecule has 3 rings (SSSR count). The first-order chi connectivity index (χ1) is 10.7. The Bertz CT molecular complexity index is 717. The second-order valence-corrected chi connectivity index (χ2v) is 5.59. The number of aromatic nitrogens is 2. The number of carbonyl (C=O) groups excluding carboxylic acids is 1. The predicted octanol–water partition coefficient (Wildman–Crippen LogP) is 1.36. The molecular formula is C16H21N3O3. The van der Waals surface area contributed by atoms with Gasteiger partial charge in [-0.05, 0) is 31.9 Å². The number of benzene rings is 1. The van der Waals surface area contributed by atoms with Gasteiger partial charge in [-0.1, -0.05) is 12.1 Å². The van der Waals surface area contributed by atoms with Crippen molar-refractivity contribution < 1.29 is 9.53 Å². The Morgan fingerprint density at radius 1 is 1.41 bits per heavy atom. The van der Waals surface area contributed by atoms with Crippen LogP contribution in [0.15, 0.2) is 29.1 Å². The van der Waals surface area contributed by atoms with Gasteiger partial charge in [0, 0.05) is 19.7 Å². The van der Waals surface area contributed by atoms with Crippen LogP contribution in [-0.2, 0) is 16.1 Å². The van der Waals surface area contributed by atoms with E-state index in [2.05, 4.69) is 4.98 Å². The lowest BCUT2D eigenvalue weighted by Crippen LogP contribution is -2.45. The number of ether oxygens (including phenoxy) is 1. The van der Waals surface area contributed by atoms with E-state index in [4.69, 9.17) is 4.74 Å². The SMILES string of the molecule is CCOC1CCCN(C(=O)Cn2c(=O)[nH]c3ccccc32)C1. The van der Waals surface area contributed by atoms with Crippen LogP contribution >= 0.6 is 0 Å². The molecule has 6 heteroatoms. The molecule has 0 saturated carbocycles. The van der Waals surface area contributed by atoms with E-state index < -0.39 is 0 Å². The predicted molar refractivity (Wildman–Crippen MR) is 83.8 cm³/mol. The number of carbonyl (C=O) groups is 1. The zero-order valence-electron chi connectivity index (χ0n) is 12.7. The lowest BCUT2D eigenvalue weighted by atomic mass is 10.1. The summed E-state index contributed by atoms with van der Waals surface area (Å²) >= 11 is 0. The maximum atomic E-state index is 12.5. The van der Waals surface area contributed by atoms with E-state index in [0.29, 0.717) is 13.2 Å². The Labute approximate surface area is 128 Å². The maximum absolute atomic E-state index is 12.5. The number of hydrogen-bond acceptors (Lipinski definition) is 3. The normalized spacial score (nSPS) is 18.8. The van der Waals surface area contributed by atoms with Crippen LogP contribution < -0.4 is 5.69 Å². The van der Waals surface area contributed by atoms with Crippen LogP contribution in [0.1, 0.15) is 19.8 Å². The summed E-state index contributed by atoms with van der Waals surface area (Å²) in [7, 11) is 0. The maximum Gasteiger partial charge on any atom is 0.326 e. The minimum Gasteiger partial charge on any atom is -0.377 e. The molecule has 0 spiro atoms. The Balaban J connectivity index is 1.75. The second-order valence-electron chi connectivity index (χ2n) is 5.59. The molecule has 1 amide bonds. The zero-order chi connectivity index (χ0) is 15.5. The fourth-order valence-corrected chi connectivity index (χ4v) is 3.04. The van der Waals surface area contributed by atoms with Gasteiger partial charge >= 0.3 is 5.69 Å². The first-order valence-electron chi connectivity index (χ1n) is 7.76. The highest BCUT2D eigenvalue weighted by Crippen LogP contribution is 2.15. The highest BCUT2D eigenvalue weighted by Gasteiger charge is 2.24. The number of imidazole rings is 1. The number of para-hydroxylation sites is 2. The minimum absolute atomic E-state index is 0.0312. The van der Waals surface area contributed by atoms with E-state index in [0.717, 1.165) is 30.4 Å². The number of hydrogen-bond donors (Lipinski definition) is 1. The third-order valence-corrected chi connectivity index (χ3v) is 4.11. The molecular weight excluding hydrogens is 282 g/mol. The molecule has 1 aromatic carbocycles. The van der Waals surface area contributed by atoms with Gasteiger partial charge in [0.25, 0.3) is 0 Å². The van der Waals surface area contributed by atoms with Crippen molar-refractivity contribution in [1.82, 2.24) is 14.5 Å². The first kappa shape index (κ1) is 14.8. The lowest BCUT2D eigenvalue weighted by molar-refractivity contribution is -0.135. The standard InChI is InChI=1S/C16H21N3O3/c1-2-22-12-6-5-9-18(10-12)15(20)11-19-14-8-4-3-7-13(14)17-16(19)21/h3-4,7-8,12H,2,5-6,9-11H2,1H3,(H,17,21). The molecule has 1 unspecified atom stereocenters. The zero-order valence-corrected chi connectivity index (χ0v) is 12.7. The molecule has 6 nitrogen and oxygen atoms in total. The molecule has 2 heterocycles. The topological polar surface area (TPSA) is 67.3 Å². The van der Waals surface area contributed by atoms with Crippen molar-refractivity contribution in [2.45, 2.75) is 32.4 Å². The van der Waals surface area contributed by atoms with Crippen molar-refractivity contribution in [2.75, 3.05) is 19.7 Å². The van der Waals surface area contributed by atoms with Gasteiger partial charge < -0.3 is 14.6 Å². The van der Waals surface area contributed by atoms with Crippen LogP contribution in [0.5, 0.6) is 0 Å². The molecule has 0 bridgehead atoms. The number of likely N-dealkylation sites (tertiary alicyclic amines) is 1. The van der Waals surface area contributed by atoms with Gasteiger partial charge in [0.2, 0.25) is 5.91 Å². The number of fused-ring (bicyclic) bond motifs is 1. The minimum atomic E-state index is -0.243. The van der Waals surface area contributed by atoms with Crippen LogP contribution in [0, 0.1) is 0 Å². The van der Waals surface area contributed by atoms with E-state index in [9.17, 15) is 9.59 Å². The molecule has 118 valence electrons. The van der Waals surface area contributed by atoms with Crippen molar-refractivity contribution in [2.24, 2.45) is 0 Å². The van der Waals surface area contributed by atoms with Crippen molar-refractivity contribution in [1.29, 1.82) is 0 Å². The van der Waals surface area contributed by atoms with Crippen molar-refractivity contribution in [3.63, 3.8) is 0 Å². The van der Waals surface area contributed by atoms with E-state index in [-0.39, 0.29) is 24.2 Å². The monoisotopic (exact) mass is 303 g/mol. The van der Waals surface area contributed by atoms with Crippen molar-refractivity contribution in [3.8, 4) is 0 Å². The molecule has 22 heavy (non-hydrogen) atoms. The van der Waals surface area contributed by atoms with E-state index in [1.54, 1.807) is 4.90 Å². The highest BCUT2D eigenvalue weighted by atomic mass is 16.5. The molecule has 1 saturated heterocycles. The van der Waals surface area contributed by atoms with Gasteiger partial charge in [-0.2, -0.15) is 0 Å². The van der Waals surface area contributed by atoms with Gasteiger partial charge in [0.15, 0.2) is 0 Å². The average molecular weight is 303 g/mol. The number of amides is 1. The van der Waals surface area contributed by atoms with Crippen LogP contribution in [0.4, 0.5) is 0 Å². The van der Waals surface area contributed by atoms with Crippen LogP contribution in [0.25, 0.3) is 11.0 Å². The fraction of sp³-hybridized carbons (Fsp3) is 0.500. The highest BCUT2D eigenvalue weighted by molar-refractivity contribution is 5.80. The fourth-order valence-electron chi connectivity index (χ4n) is 3.04. The van der Waals surface area contributed by atoms with Gasteiger partial charge in [-0.25, -0.2) is 4.79 Å². The molecule has 1 atom stereocenters. The summed E-state index contributed by atoms with van der Waals surface area (Å²) in [4.78, 5) is 29.1. The largest absolute Gasteiger partial charge is 0.377 e. The van der Waals surface area contributed by atoms with E-state index >= 15 is 0 Å². The van der Waals surface area contributed by atoms with Crippen molar-refractivity contribution >= 4 is 16.9 Å². The Morgan fingerprint density at radius 3 is 3.05 bits per heavy atom. The van der Waals surface area contributed by atoms with Gasteiger partial charge in [0.05, 0.1) is 17.1 Å². The van der Waals surface area contributed by atoms with Gasteiger partial charge in [-0.15, -0.1) is 0 Å². The number of rotatable bonds is 4. The van der Waals surface area contributed by atoms with Crippen LogP contribution in [0.2, 0.25) is 0 Å². The molecule has 1 fully saturated rings. The van der Waals surface area contributed by atoms with E-state index in [1.165, 1.54) is 4.57 Å². The number of H-pyrrole nitrogens is 1. The average Bonchev–Trinajstić information content (AvgIpc) is 2.84. The summed E-state index contributed by atoms with van der Waals surface area (Å²) in [5.41, 5.74) is 1.28. The van der Waals surface area contributed by atoms with Crippen LogP contribution in [-0.4, -0.2) is 46.2 Å². The third kappa shape index (κ3) is 2.92. The summed E-state index contributed by atoms with van der Waals surface area (Å²) < 4.78 is 7.13. The van der Waals surface area contributed by atoms with Gasteiger partial charge in [0.1, 0.15) is 6.54 Å². The Kier molecular flexibility index (Phi) is 4.29. The van der Waals surface area contributed by atoms with E-state index in [1.807, 2.05) is 31.2 Å². The third-order valence-electron chi connectivity index (χ3n) is 4.11. The summed E-state index contributed by atoms with van der Waals surface area (Å²) in [5, 5.41) is 0. The molecule has 1 aromatic heterocycles. The first-order valence-corrected chi connectivity index (χ1v) is 7.76. The summed E-state index contributed by atoms with van der Waals surface area (Å²) in [5.74, 6) is -0.0312. The molecule has 1 aliphatic heterocycles. The van der Waals surface area contributed by atoms with Crippen molar-refractivity contribution in [3.05, 3.63) is 34.7 Å². The Morgan fingerprint density at radius 2 is 2.23 bits per heavy atom. The quantitative estimate of drug-likeness (QED) is 0.927. The summed E-state index contributed by atoms with van der Waals surface area (Å²) in [6, 6.07) is 7.41. The number of nitrogens with zero attached hydrogens (tertiary/aromatic N) is 2. The smallest absolute Gasteiger partial charge is 0.326 e. The summed E-state index contributed by atoms with van der Waals surface area (Å²) in [6.45, 7) is 4.05. The number of nitrogens with one attached hydrogen (secondary N) is 1. The number of piperidine rings is 1. The summed E-state index contributed by atoms with van der Waals surface area (Å²) in [6.07, 6.45) is 2.05. The van der Waals surface area contributed by atoms with Crippen LogP contribution in [0.3, 0.4) is 0 Å². The lowest BCUT2D eigenvalue weighted by Gasteiger charge is -2.32. The Hall–Kier alpha value is -2.08. The molecule has 0 radical (unpaired) electrons. The number of aromatic amines is 1. The molecule has 2 aromatic rings. The molecule has 1 N–H and O–H groups in total. The second kappa shape index (κ2) is 6.36. The molecule has 1 aliphatic rings. The molecule has 0 aliphatic carbocycles. The van der Waals surface area contributed by atoms with Gasteiger partial charge in [-0.3, -0.25) is 9.36 Å².